The molecule has 5 heteroatoms. The normalized spacial score (nSPS) is 10.4. The number of rotatable bonds is 3. The highest BCUT2D eigenvalue weighted by Crippen LogP contribution is 2.34. The van der Waals surface area contributed by atoms with E-state index >= 15 is 0 Å². The molecule has 0 fully saturated rings. The van der Waals surface area contributed by atoms with Crippen LogP contribution in [-0.2, 0) is 6.42 Å². The smallest absolute Gasteiger partial charge is 0.222 e. The van der Waals surface area contributed by atoms with Crippen molar-refractivity contribution in [1.82, 2.24) is 9.97 Å². The Bertz CT molecular complexity index is 552. The van der Waals surface area contributed by atoms with Crippen LogP contribution in [0.1, 0.15) is 18.4 Å². The first-order valence-electron chi connectivity index (χ1n) is 5.66. The van der Waals surface area contributed by atoms with Gasteiger partial charge in [-0.25, -0.2) is 4.98 Å². The van der Waals surface area contributed by atoms with Gasteiger partial charge in [0.1, 0.15) is 5.82 Å². The van der Waals surface area contributed by atoms with Crippen LogP contribution in [0.3, 0.4) is 0 Å². The number of aromatic nitrogens is 2. The highest BCUT2D eigenvalue weighted by Gasteiger charge is 2.09. The minimum atomic E-state index is 0.512. The lowest BCUT2D eigenvalue weighted by Gasteiger charge is -2.10. The first-order chi connectivity index (χ1) is 8.60. The number of para-hydroxylation sites is 1. The summed E-state index contributed by atoms with van der Waals surface area (Å²) in [5, 5.41) is 0. The van der Waals surface area contributed by atoms with Crippen LogP contribution in [0.4, 0.5) is 5.69 Å². The first-order valence-corrected chi connectivity index (χ1v) is 6.46. The summed E-state index contributed by atoms with van der Waals surface area (Å²) in [6.07, 6.45) is 0.838. The molecule has 2 rings (SSSR count). The molecule has 1 aromatic carbocycles. The Labute approximate surface area is 114 Å². The van der Waals surface area contributed by atoms with Crippen LogP contribution in [0, 0.1) is 6.92 Å². The molecule has 18 heavy (non-hydrogen) atoms. The van der Waals surface area contributed by atoms with Gasteiger partial charge in [-0.3, -0.25) is 0 Å². The number of hydrogen-bond acceptors (Lipinski definition) is 4. The molecule has 0 unspecified atom stereocenters. The van der Waals surface area contributed by atoms with E-state index < -0.39 is 0 Å². The molecule has 1 heterocycles. The van der Waals surface area contributed by atoms with Gasteiger partial charge in [-0.15, -0.1) is 0 Å². The monoisotopic (exact) mass is 307 g/mol. The minimum absolute atomic E-state index is 0.512. The van der Waals surface area contributed by atoms with Crippen LogP contribution in [0.15, 0.2) is 28.7 Å². The number of nitrogen functional groups attached to an aromatic ring is 1. The maximum Gasteiger partial charge on any atom is 0.222 e. The van der Waals surface area contributed by atoms with Crippen molar-refractivity contribution in [3.63, 3.8) is 0 Å². The van der Waals surface area contributed by atoms with Gasteiger partial charge in [-0.2, -0.15) is 4.98 Å². The van der Waals surface area contributed by atoms with E-state index in [0.29, 0.717) is 23.1 Å². The Morgan fingerprint density at radius 2 is 2.11 bits per heavy atom. The lowest BCUT2D eigenvalue weighted by atomic mass is 10.3. The molecule has 0 aliphatic heterocycles. The molecule has 0 saturated heterocycles. The lowest BCUT2D eigenvalue weighted by Crippen LogP contribution is -1.99. The molecular weight excluding hydrogens is 294 g/mol. The summed E-state index contributed by atoms with van der Waals surface area (Å²) in [7, 11) is 0. The number of nitrogens with zero attached hydrogens (tertiary/aromatic N) is 2. The van der Waals surface area contributed by atoms with Crippen molar-refractivity contribution in [2.45, 2.75) is 20.3 Å². The van der Waals surface area contributed by atoms with Crippen molar-refractivity contribution < 1.29 is 4.74 Å². The number of halogens is 1. The Kier molecular flexibility index (Phi) is 3.81. The molecule has 2 aromatic rings. The summed E-state index contributed by atoms with van der Waals surface area (Å²) in [6, 6.07) is 7.34. The highest BCUT2D eigenvalue weighted by atomic mass is 79.9. The van der Waals surface area contributed by atoms with Crippen molar-refractivity contribution >= 4 is 21.6 Å². The van der Waals surface area contributed by atoms with Crippen molar-refractivity contribution in [2.75, 3.05) is 5.73 Å². The number of nitrogens with two attached hydrogens (primary N) is 1. The number of anilines is 1. The lowest BCUT2D eigenvalue weighted by molar-refractivity contribution is 0.458. The molecule has 1 aromatic heterocycles. The topological polar surface area (TPSA) is 61.0 Å². The molecule has 0 atom stereocenters. The second-order valence-electron chi connectivity index (χ2n) is 3.86. The molecule has 2 N–H and O–H groups in total. The van der Waals surface area contributed by atoms with Gasteiger partial charge < -0.3 is 10.5 Å². The van der Waals surface area contributed by atoms with Crippen molar-refractivity contribution in [3.8, 4) is 11.6 Å². The molecule has 0 spiro atoms. The average Bonchev–Trinajstić information content (AvgIpc) is 2.33. The Balaban J connectivity index is 2.37. The predicted molar refractivity (Wildman–Crippen MR) is 74.8 cm³/mol. The van der Waals surface area contributed by atoms with Crippen LogP contribution < -0.4 is 10.5 Å². The second-order valence-corrected chi connectivity index (χ2v) is 4.71. The maximum absolute atomic E-state index is 5.88. The second kappa shape index (κ2) is 5.35. The van der Waals surface area contributed by atoms with Crippen LogP contribution >= 0.6 is 15.9 Å². The molecule has 94 valence electrons. The van der Waals surface area contributed by atoms with E-state index in [2.05, 4.69) is 25.9 Å². The van der Waals surface area contributed by atoms with Crippen molar-refractivity contribution in [3.05, 3.63) is 40.3 Å². The number of ether oxygens (including phenoxy) is 1. The van der Waals surface area contributed by atoms with E-state index in [1.807, 2.05) is 32.0 Å². The maximum atomic E-state index is 5.88. The van der Waals surface area contributed by atoms with Crippen LogP contribution in [0.2, 0.25) is 0 Å². The third-order valence-corrected chi connectivity index (χ3v) is 3.06. The van der Waals surface area contributed by atoms with Gasteiger partial charge in [-0.05, 0) is 41.4 Å². The van der Waals surface area contributed by atoms with Gasteiger partial charge in [0.05, 0.1) is 10.2 Å². The van der Waals surface area contributed by atoms with E-state index in [1.165, 1.54) is 0 Å². The summed E-state index contributed by atoms with van der Waals surface area (Å²) < 4.78 is 6.54. The van der Waals surface area contributed by atoms with Crippen molar-refractivity contribution in [1.29, 1.82) is 0 Å². The Morgan fingerprint density at radius 3 is 2.78 bits per heavy atom. The fourth-order valence-corrected chi connectivity index (χ4v) is 2.03. The van der Waals surface area contributed by atoms with E-state index in [9.17, 15) is 0 Å². The molecule has 0 saturated carbocycles. The zero-order valence-corrected chi connectivity index (χ0v) is 11.9. The van der Waals surface area contributed by atoms with E-state index in [4.69, 9.17) is 10.5 Å². The summed E-state index contributed by atoms with van der Waals surface area (Å²) in [4.78, 5) is 8.55. The van der Waals surface area contributed by atoms with E-state index in [-0.39, 0.29) is 0 Å². The molecule has 0 amide bonds. The van der Waals surface area contributed by atoms with Crippen LogP contribution in [-0.4, -0.2) is 9.97 Å². The van der Waals surface area contributed by atoms with Crippen molar-refractivity contribution in [2.24, 2.45) is 0 Å². The quantitative estimate of drug-likeness (QED) is 0.882. The summed E-state index contributed by atoms with van der Waals surface area (Å²) in [6.45, 7) is 3.88. The van der Waals surface area contributed by atoms with Gasteiger partial charge in [0.2, 0.25) is 5.88 Å². The Morgan fingerprint density at radius 1 is 1.33 bits per heavy atom. The van der Waals surface area contributed by atoms with Gasteiger partial charge in [0.25, 0.3) is 0 Å². The highest BCUT2D eigenvalue weighted by molar-refractivity contribution is 9.10. The van der Waals surface area contributed by atoms with Gasteiger partial charge >= 0.3 is 0 Å². The van der Waals surface area contributed by atoms with E-state index in [1.54, 1.807) is 6.07 Å². The third-order valence-electron chi connectivity index (χ3n) is 2.43. The minimum Gasteiger partial charge on any atom is -0.436 e. The molecular formula is C13H14BrN3O. The molecule has 0 radical (unpaired) electrons. The van der Waals surface area contributed by atoms with Crippen LogP contribution in [0.5, 0.6) is 11.6 Å². The fourth-order valence-electron chi connectivity index (χ4n) is 1.57. The standard InChI is InChI=1S/C13H14BrN3O/c1-3-9-7-12(17-8(2)16-9)18-13-10(14)5-4-6-11(13)15/h4-7H,3,15H2,1-2H3. The summed E-state index contributed by atoms with van der Waals surface area (Å²) >= 11 is 3.41. The van der Waals surface area contributed by atoms with E-state index in [0.717, 1.165) is 16.6 Å². The van der Waals surface area contributed by atoms with Gasteiger partial charge in [0.15, 0.2) is 5.75 Å². The molecule has 0 aliphatic carbocycles. The Hall–Kier alpha value is -1.62. The van der Waals surface area contributed by atoms with Gasteiger partial charge in [-0.1, -0.05) is 13.0 Å². The SMILES string of the molecule is CCc1cc(Oc2c(N)cccc2Br)nc(C)n1. The summed E-state index contributed by atoms with van der Waals surface area (Å²) in [5.41, 5.74) is 7.40. The zero-order chi connectivity index (χ0) is 13.1. The summed E-state index contributed by atoms with van der Waals surface area (Å²) in [5.74, 6) is 1.78. The van der Waals surface area contributed by atoms with Crippen LogP contribution in [0.25, 0.3) is 0 Å². The first kappa shape index (κ1) is 12.8. The largest absolute Gasteiger partial charge is 0.436 e. The fraction of sp³-hybridized carbons (Fsp3) is 0.231. The molecule has 4 nitrogen and oxygen atoms in total. The zero-order valence-electron chi connectivity index (χ0n) is 10.3. The number of hydrogen-bond donors (Lipinski definition) is 1. The predicted octanol–water partition coefficient (Wildman–Crippen LogP) is 3.48. The average molecular weight is 308 g/mol. The van der Waals surface area contributed by atoms with Gasteiger partial charge in [0, 0.05) is 11.8 Å². The number of benzene rings is 1. The third kappa shape index (κ3) is 2.79. The molecule has 0 aliphatic rings. The number of aryl methyl sites for hydroxylation is 2. The molecule has 0 bridgehead atoms.